The first-order chi connectivity index (χ1) is 7.33. The molecular weight excluding hydrogens is 206 g/mol. The number of allylic oxidation sites excluding steroid dienone is 1. The number of carboxylic acids is 1. The lowest BCUT2D eigenvalue weighted by atomic mass is 9.94. The van der Waals surface area contributed by atoms with Crippen molar-refractivity contribution in [3.05, 3.63) is 11.6 Å². The van der Waals surface area contributed by atoms with Gasteiger partial charge in [0.2, 0.25) is 5.91 Å². The molecule has 1 saturated carbocycles. The van der Waals surface area contributed by atoms with Crippen LogP contribution in [-0.4, -0.2) is 23.5 Å². The number of hydrogen-bond donors (Lipinski definition) is 2. The summed E-state index contributed by atoms with van der Waals surface area (Å²) in [4.78, 5) is 22.3. The molecule has 0 unspecified atom stereocenters. The fourth-order valence-electron chi connectivity index (χ4n) is 1.30. The van der Waals surface area contributed by atoms with Crippen LogP contribution >= 0.6 is 0 Å². The van der Waals surface area contributed by atoms with Crippen molar-refractivity contribution in [2.24, 2.45) is 11.3 Å². The van der Waals surface area contributed by atoms with Crippen LogP contribution in [-0.2, 0) is 9.59 Å². The molecule has 1 aliphatic rings. The Morgan fingerprint density at radius 2 is 2.00 bits per heavy atom. The third-order valence-electron chi connectivity index (χ3n) is 2.86. The molecule has 0 heterocycles. The number of nitrogens with one attached hydrogen (secondary N) is 1. The molecule has 0 spiro atoms. The highest BCUT2D eigenvalue weighted by atomic mass is 16.4. The van der Waals surface area contributed by atoms with E-state index >= 15 is 0 Å². The molecular formula is C12H19NO3. The summed E-state index contributed by atoms with van der Waals surface area (Å²) < 4.78 is 0. The molecule has 0 bridgehead atoms. The Labute approximate surface area is 95.7 Å². The van der Waals surface area contributed by atoms with Gasteiger partial charge in [0.1, 0.15) is 0 Å². The first kappa shape index (κ1) is 12.7. The largest absolute Gasteiger partial charge is 0.481 e. The Balaban J connectivity index is 2.40. The number of aliphatic carboxylic acids is 1. The fraction of sp³-hybridized carbons (Fsp3) is 0.667. The average Bonchev–Trinajstić information content (AvgIpc) is 2.97. The van der Waals surface area contributed by atoms with Crippen molar-refractivity contribution in [2.75, 3.05) is 6.54 Å². The van der Waals surface area contributed by atoms with Gasteiger partial charge in [-0.3, -0.25) is 9.59 Å². The highest BCUT2D eigenvalue weighted by molar-refractivity contribution is 5.88. The molecule has 2 N–H and O–H groups in total. The summed E-state index contributed by atoms with van der Waals surface area (Å²) >= 11 is 0. The van der Waals surface area contributed by atoms with Gasteiger partial charge in [-0.25, -0.2) is 0 Å². The molecule has 90 valence electrons. The van der Waals surface area contributed by atoms with Crippen molar-refractivity contribution < 1.29 is 14.7 Å². The molecule has 0 aliphatic heterocycles. The number of amides is 1. The summed E-state index contributed by atoms with van der Waals surface area (Å²) in [5.74, 6) is -0.535. The smallest absolute Gasteiger partial charge is 0.310 e. The normalized spacial score (nSPS) is 17.1. The molecule has 0 saturated heterocycles. The lowest BCUT2D eigenvalue weighted by Gasteiger charge is -2.18. The Kier molecular flexibility index (Phi) is 3.73. The van der Waals surface area contributed by atoms with Crippen LogP contribution in [0.4, 0.5) is 0 Å². The third-order valence-corrected chi connectivity index (χ3v) is 2.86. The monoisotopic (exact) mass is 225 g/mol. The minimum absolute atomic E-state index is 0.148. The van der Waals surface area contributed by atoms with Crippen LogP contribution in [0.2, 0.25) is 0 Å². The van der Waals surface area contributed by atoms with Crippen LogP contribution in [0.1, 0.15) is 33.6 Å². The van der Waals surface area contributed by atoms with E-state index in [0.717, 1.165) is 18.4 Å². The van der Waals surface area contributed by atoms with Gasteiger partial charge in [0.25, 0.3) is 0 Å². The van der Waals surface area contributed by atoms with Gasteiger partial charge in [-0.2, -0.15) is 0 Å². The maximum absolute atomic E-state index is 11.5. The van der Waals surface area contributed by atoms with Gasteiger partial charge >= 0.3 is 5.97 Å². The Morgan fingerprint density at radius 1 is 1.44 bits per heavy atom. The number of carboxylic acid groups (broad SMARTS) is 1. The summed E-state index contributed by atoms with van der Waals surface area (Å²) in [7, 11) is 0. The van der Waals surface area contributed by atoms with E-state index in [-0.39, 0.29) is 12.5 Å². The van der Waals surface area contributed by atoms with Crippen molar-refractivity contribution in [3.8, 4) is 0 Å². The quantitative estimate of drug-likeness (QED) is 0.698. The van der Waals surface area contributed by atoms with Crippen LogP contribution < -0.4 is 5.32 Å². The summed E-state index contributed by atoms with van der Waals surface area (Å²) in [6.07, 6.45) is 3.90. The van der Waals surface area contributed by atoms with E-state index in [2.05, 4.69) is 5.32 Å². The van der Waals surface area contributed by atoms with Crippen molar-refractivity contribution in [3.63, 3.8) is 0 Å². The number of rotatable bonds is 5. The number of carbonyl (C=O) groups excluding carboxylic acids is 1. The van der Waals surface area contributed by atoms with Crippen LogP contribution in [0, 0.1) is 11.3 Å². The molecule has 4 heteroatoms. The fourth-order valence-corrected chi connectivity index (χ4v) is 1.30. The minimum Gasteiger partial charge on any atom is -0.481 e. The predicted octanol–water partition coefficient (Wildman–Crippen LogP) is 1.57. The zero-order chi connectivity index (χ0) is 12.3. The standard InChI is InChI=1S/C12H19NO3/c1-8(9-4-5-9)6-10(14)13-7-12(2,3)11(15)16/h6,9H,4-5,7H2,1-3H3,(H,13,14)(H,15,16). The summed E-state index contributed by atoms with van der Waals surface area (Å²) in [5, 5.41) is 11.5. The van der Waals surface area contributed by atoms with Gasteiger partial charge in [0, 0.05) is 12.6 Å². The molecule has 0 aromatic heterocycles. The molecule has 4 nitrogen and oxygen atoms in total. The topological polar surface area (TPSA) is 66.4 Å². The second-order valence-corrected chi connectivity index (χ2v) is 5.07. The molecule has 0 aromatic carbocycles. The van der Waals surface area contributed by atoms with Gasteiger partial charge < -0.3 is 10.4 Å². The van der Waals surface area contributed by atoms with E-state index in [0.29, 0.717) is 5.92 Å². The maximum atomic E-state index is 11.5. The zero-order valence-electron chi connectivity index (χ0n) is 10.0. The number of carbonyl (C=O) groups is 2. The van der Waals surface area contributed by atoms with Gasteiger partial charge in [0.15, 0.2) is 0 Å². The average molecular weight is 225 g/mol. The molecule has 1 amide bonds. The first-order valence-corrected chi connectivity index (χ1v) is 5.52. The number of hydrogen-bond acceptors (Lipinski definition) is 2. The maximum Gasteiger partial charge on any atom is 0.310 e. The van der Waals surface area contributed by atoms with E-state index in [1.165, 1.54) is 0 Å². The second-order valence-electron chi connectivity index (χ2n) is 5.07. The second kappa shape index (κ2) is 4.68. The van der Waals surface area contributed by atoms with Gasteiger partial charge in [-0.05, 0) is 39.5 Å². The summed E-state index contributed by atoms with van der Waals surface area (Å²) in [6.45, 7) is 5.27. The predicted molar refractivity (Wildman–Crippen MR) is 60.9 cm³/mol. The van der Waals surface area contributed by atoms with E-state index < -0.39 is 11.4 Å². The third kappa shape index (κ3) is 3.68. The van der Waals surface area contributed by atoms with E-state index in [1.54, 1.807) is 19.9 Å². The summed E-state index contributed by atoms with van der Waals surface area (Å²) in [5.41, 5.74) is 0.169. The van der Waals surface area contributed by atoms with Crippen LogP contribution in [0.3, 0.4) is 0 Å². The highest BCUT2D eigenvalue weighted by Gasteiger charge is 2.28. The van der Waals surface area contributed by atoms with Crippen molar-refractivity contribution in [1.82, 2.24) is 5.32 Å². The van der Waals surface area contributed by atoms with E-state index in [1.807, 2.05) is 6.92 Å². The summed E-state index contributed by atoms with van der Waals surface area (Å²) in [6, 6.07) is 0. The first-order valence-electron chi connectivity index (χ1n) is 5.52. The van der Waals surface area contributed by atoms with E-state index in [4.69, 9.17) is 5.11 Å². The molecule has 1 fully saturated rings. The highest BCUT2D eigenvalue weighted by Crippen LogP contribution is 2.35. The molecule has 16 heavy (non-hydrogen) atoms. The minimum atomic E-state index is -0.920. The van der Waals surface area contributed by atoms with Crippen molar-refractivity contribution in [2.45, 2.75) is 33.6 Å². The van der Waals surface area contributed by atoms with Crippen LogP contribution in [0.5, 0.6) is 0 Å². The SMILES string of the molecule is CC(=CC(=O)NCC(C)(C)C(=O)O)C1CC1. The van der Waals surface area contributed by atoms with Crippen LogP contribution in [0.25, 0.3) is 0 Å². The lowest BCUT2D eigenvalue weighted by Crippen LogP contribution is -2.38. The van der Waals surface area contributed by atoms with Gasteiger partial charge in [0.05, 0.1) is 5.41 Å². The molecule has 0 radical (unpaired) electrons. The molecule has 1 aliphatic carbocycles. The van der Waals surface area contributed by atoms with Crippen LogP contribution in [0.15, 0.2) is 11.6 Å². The molecule has 1 rings (SSSR count). The molecule has 0 aromatic rings. The zero-order valence-corrected chi connectivity index (χ0v) is 10.0. The van der Waals surface area contributed by atoms with Gasteiger partial charge in [-0.1, -0.05) is 5.57 Å². The van der Waals surface area contributed by atoms with Gasteiger partial charge in [-0.15, -0.1) is 0 Å². The van der Waals surface area contributed by atoms with Crippen molar-refractivity contribution >= 4 is 11.9 Å². The molecule has 0 atom stereocenters. The van der Waals surface area contributed by atoms with Crippen molar-refractivity contribution in [1.29, 1.82) is 0 Å². The lowest BCUT2D eigenvalue weighted by molar-refractivity contribution is -0.146. The Hall–Kier alpha value is -1.32. The Morgan fingerprint density at radius 3 is 2.44 bits per heavy atom. The Bertz CT molecular complexity index is 327. The van der Waals surface area contributed by atoms with E-state index in [9.17, 15) is 9.59 Å².